The molecule has 0 aliphatic heterocycles. The first-order valence-corrected chi connectivity index (χ1v) is 10.5. The van der Waals surface area contributed by atoms with Gasteiger partial charge in [0, 0.05) is 16.0 Å². The van der Waals surface area contributed by atoms with Crippen molar-refractivity contribution in [1.29, 1.82) is 0 Å². The monoisotopic (exact) mass is 455 g/mol. The summed E-state index contributed by atoms with van der Waals surface area (Å²) in [5.74, 6) is -1.16. The van der Waals surface area contributed by atoms with Gasteiger partial charge in [0.05, 0.1) is 12.5 Å². The molecule has 0 bridgehead atoms. The average Bonchev–Trinajstić information content (AvgIpc) is 3.05. The predicted molar refractivity (Wildman–Crippen MR) is 120 cm³/mol. The van der Waals surface area contributed by atoms with Crippen LogP contribution in [0.3, 0.4) is 0 Å². The van der Waals surface area contributed by atoms with Crippen LogP contribution in [-0.4, -0.2) is 23.8 Å². The number of fused-ring (bicyclic) bond motifs is 3. The van der Waals surface area contributed by atoms with Gasteiger partial charge in [0.15, 0.2) is 0 Å². The summed E-state index contributed by atoms with van der Waals surface area (Å²) in [6.07, 6.45) is -1.04. The van der Waals surface area contributed by atoms with Gasteiger partial charge in [-0.1, -0.05) is 71.7 Å². The third-order valence-electron chi connectivity index (χ3n) is 5.30. The third-order valence-corrected chi connectivity index (χ3v) is 5.74. The van der Waals surface area contributed by atoms with E-state index in [2.05, 4.69) is 17.4 Å². The fourth-order valence-corrected chi connectivity index (χ4v) is 4.53. The summed E-state index contributed by atoms with van der Waals surface area (Å²) >= 11 is 12.1. The number of amides is 1. The maximum atomic E-state index is 12.6. The van der Waals surface area contributed by atoms with Crippen LogP contribution in [0, 0.1) is 0 Å². The summed E-state index contributed by atoms with van der Waals surface area (Å²) in [7, 11) is 0. The number of carbonyl (C=O) groups is 2. The summed E-state index contributed by atoms with van der Waals surface area (Å²) in [5, 5.41) is 12.6. The maximum Gasteiger partial charge on any atom is 0.407 e. The highest BCUT2D eigenvalue weighted by Crippen LogP contribution is 2.44. The molecule has 1 aliphatic carbocycles. The van der Waals surface area contributed by atoms with E-state index < -0.39 is 18.1 Å². The Balaban J connectivity index is 1.49. The molecule has 0 aromatic heterocycles. The molecule has 3 aromatic carbocycles. The predicted octanol–water partition coefficient (Wildman–Crippen LogP) is 6.05. The van der Waals surface area contributed by atoms with E-state index >= 15 is 0 Å². The summed E-state index contributed by atoms with van der Waals surface area (Å²) in [4.78, 5) is 23.9. The van der Waals surface area contributed by atoms with E-state index in [0.29, 0.717) is 15.6 Å². The zero-order chi connectivity index (χ0) is 22.0. The minimum Gasteiger partial charge on any atom is -0.481 e. The van der Waals surface area contributed by atoms with Gasteiger partial charge in [-0.15, -0.1) is 0 Å². The first-order chi connectivity index (χ1) is 14.9. The fourth-order valence-electron chi connectivity index (χ4n) is 3.99. The molecule has 0 saturated carbocycles. The van der Waals surface area contributed by atoms with Crippen molar-refractivity contribution in [1.82, 2.24) is 5.32 Å². The average molecular weight is 456 g/mol. The smallest absolute Gasteiger partial charge is 0.407 e. The SMILES string of the molecule is O=C(O)CC(NC(=O)OCC1c2ccccc2-c2ccccc21)c1cc(Cl)cc(Cl)c1. The molecule has 7 heteroatoms. The van der Waals surface area contributed by atoms with E-state index in [1.165, 1.54) is 6.07 Å². The van der Waals surface area contributed by atoms with E-state index in [9.17, 15) is 14.7 Å². The van der Waals surface area contributed by atoms with Crippen LogP contribution in [0.2, 0.25) is 10.0 Å². The highest BCUT2D eigenvalue weighted by atomic mass is 35.5. The van der Waals surface area contributed by atoms with Crippen molar-refractivity contribution in [2.45, 2.75) is 18.4 Å². The van der Waals surface area contributed by atoms with Gasteiger partial charge >= 0.3 is 12.1 Å². The molecule has 0 saturated heterocycles. The first kappa shape index (κ1) is 21.2. The molecule has 0 radical (unpaired) electrons. The number of carbonyl (C=O) groups excluding carboxylic acids is 1. The highest BCUT2D eigenvalue weighted by molar-refractivity contribution is 6.34. The van der Waals surface area contributed by atoms with Crippen molar-refractivity contribution >= 4 is 35.3 Å². The Morgan fingerprint density at radius 3 is 2.03 bits per heavy atom. The molecule has 1 atom stereocenters. The lowest BCUT2D eigenvalue weighted by Gasteiger charge is -2.19. The van der Waals surface area contributed by atoms with E-state index in [-0.39, 0.29) is 18.9 Å². The number of alkyl carbamates (subject to hydrolysis) is 1. The first-order valence-electron chi connectivity index (χ1n) is 9.71. The van der Waals surface area contributed by atoms with Crippen molar-refractivity contribution in [3.63, 3.8) is 0 Å². The Morgan fingerprint density at radius 2 is 1.48 bits per heavy atom. The van der Waals surface area contributed by atoms with Crippen LogP contribution >= 0.6 is 23.2 Å². The second-order valence-corrected chi connectivity index (χ2v) is 8.20. The number of hydrogen-bond donors (Lipinski definition) is 2. The normalized spacial score (nSPS) is 13.2. The molecule has 158 valence electrons. The number of carboxylic acid groups (broad SMARTS) is 1. The molecule has 3 aromatic rings. The van der Waals surface area contributed by atoms with E-state index in [1.807, 2.05) is 36.4 Å². The molecule has 5 nitrogen and oxygen atoms in total. The topological polar surface area (TPSA) is 75.6 Å². The Bertz CT molecular complexity index is 1080. The van der Waals surface area contributed by atoms with Crippen molar-refractivity contribution in [2.75, 3.05) is 6.61 Å². The van der Waals surface area contributed by atoms with E-state index in [0.717, 1.165) is 22.3 Å². The van der Waals surface area contributed by atoms with Crippen molar-refractivity contribution in [3.8, 4) is 11.1 Å². The van der Waals surface area contributed by atoms with Crippen LogP contribution < -0.4 is 5.32 Å². The molecular weight excluding hydrogens is 437 g/mol. The van der Waals surface area contributed by atoms with Crippen LogP contribution in [0.4, 0.5) is 4.79 Å². The lowest BCUT2D eigenvalue weighted by Crippen LogP contribution is -2.31. The summed E-state index contributed by atoms with van der Waals surface area (Å²) in [6, 6.07) is 19.9. The molecule has 2 N–H and O–H groups in total. The molecular formula is C24H19Cl2NO4. The lowest BCUT2D eigenvalue weighted by atomic mass is 9.98. The largest absolute Gasteiger partial charge is 0.481 e. The van der Waals surface area contributed by atoms with Crippen molar-refractivity contribution < 1.29 is 19.4 Å². The van der Waals surface area contributed by atoms with Gasteiger partial charge in [-0.05, 0) is 46.0 Å². The third kappa shape index (κ3) is 4.68. The molecule has 1 aliphatic rings. The van der Waals surface area contributed by atoms with Gasteiger partial charge in [-0.2, -0.15) is 0 Å². The van der Waals surface area contributed by atoms with Gasteiger partial charge in [0.25, 0.3) is 0 Å². The maximum absolute atomic E-state index is 12.6. The minimum atomic E-state index is -1.07. The zero-order valence-corrected chi connectivity index (χ0v) is 17.9. The summed E-state index contributed by atoms with van der Waals surface area (Å²) in [6.45, 7) is 0.135. The number of aliphatic carboxylic acids is 1. The zero-order valence-electron chi connectivity index (χ0n) is 16.3. The molecule has 1 unspecified atom stereocenters. The Hall–Kier alpha value is -3.02. The molecule has 0 fully saturated rings. The number of carboxylic acids is 1. The van der Waals surface area contributed by atoms with Crippen molar-refractivity contribution in [3.05, 3.63) is 93.5 Å². The van der Waals surface area contributed by atoms with Crippen LogP contribution in [-0.2, 0) is 9.53 Å². The molecule has 1 amide bonds. The fraction of sp³-hybridized carbons (Fsp3) is 0.167. The van der Waals surface area contributed by atoms with Gasteiger partial charge in [-0.25, -0.2) is 4.79 Å². The quantitative estimate of drug-likeness (QED) is 0.474. The van der Waals surface area contributed by atoms with E-state index in [1.54, 1.807) is 12.1 Å². The second-order valence-electron chi connectivity index (χ2n) is 7.32. The summed E-state index contributed by atoms with van der Waals surface area (Å²) in [5.41, 5.74) is 4.95. The Labute approximate surface area is 189 Å². The van der Waals surface area contributed by atoms with E-state index in [4.69, 9.17) is 27.9 Å². The van der Waals surface area contributed by atoms with Crippen molar-refractivity contribution in [2.24, 2.45) is 0 Å². The number of benzene rings is 3. The van der Waals surface area contributed by atoms with Crippen LogP contribution in [0.25, 0.3) is 11.1 Å². The standard InChI is InChI=1S/C24H19Cl2NO4/c25-15-9-14(10-16(26)11-15)22(12-23(28)29)27-24(30)31-13-21-19-7-3-1-5-17(19)18-6-2-4-8-20(18)21/h1-11,21-22H,12-13H2,(H,27,30)(H,28,29). The number of hydrogen-bond acceptors (Lipinski definition) is 3. The lowest BCUT2D eigenvalue weighted by molar-refractivity contribution is -0.137. The Morgan fingerprint density at radius 1 is 0.935 bits per heavy atom. The van der Waals surface area contributed by atoms with Gasteiger partial charge in [0.1, 0.15) is 6.61 Å². The Kier molecular flexibility index (Phi) is 6.16. The van der Waals surface area contributed by atoms with Gasteiger partial charge in [-0.3, -0.25) is 4.79 Å². The molecule has 0 spiro atoms. The number of ether oxygens (including phenoxy) is 1. The highest BCUT2D eigenvalue weighted by Gasteiger charge is 2.29. The number of rotatable bonds is 6. The van der Waals surface area contributed by atoms with Crippen LogP contribution in [0.5, 0.6) is 0 Å². The molecule has 0 heterocycles. The second kappa shape index (κ2) is 9.00. The number of halogens is 2. The van der Waals surface area contributed by atoms with Crippen LogP contribution in [0.15, 0.2) is 66.7 Å². The summed E-state index contributed by atoms with van der Waals surface area (Å²) < 4.78 is 5.52. The molecule has 4 rings (SSSR count). The number of nitrogens with one attached hydrogen (secondary N) is 1. The van der Waals surface area contributed by atoms with Gasteiger partial charge in [0.2, 0.25) is 0 Å². The minimum absolute atomic E-state index is 0.0864. The van der Waals surface area contributed by atoms with Crippen LogP contribution in [0.1, 0.15) is 35.1 Å². The van der Waals surface area contributed by atoms with Gasteiger partial charge < -0.3 is 15.2 Å². The molecule has 31 heavy (non-hydrogen) atoms.